The number of hydrogen-bond acceptors (Lipinski definition) is 5. The van der Waals surface area contributed by atoms with Crippen molar-refractivity contribution < 1.29 is 22.3 Å². The molecule has 1 aromatic carbocycles. The number of carbonyl (C=O) groups excluding carboxylic acids is 1. The molecule has 0 atom stereocenters. The van der Waals surface area contributed by atoms with Crippen molar-refractivity contribution >= 4 is 21.5 Å². The number of rotatable bonds is 4. The Morgan fingerprint density at radius 1 is 1.47 bits per heavy atom. The fourth-order valence-corrected chi connectivity index (χ4v) is 1.45. The summed E-state index contributed by atoms with van der Waals surface area (Å²) < 4.78 is 39.1. The summed E-state index contributed by atoms with van der Waals surface area (Å²) in [5.74, 6) is -1.74. The van der Waals surface area contributed by atoms with E-state index in [1.165, 1.54) is 6.07 Å². The number of benzene rings is 1. The molecule has 94 valence electrons. The zero-order valence-corrected chi connectivity index (χ0v) is 9.96. The van der Waals surface area contributed by atoms with E-state index >= 15 is 0 Å². The topological polar surface area (TPSA) is 86.5 Å². The van der Waals surface area contributed by atoms with Gasteiger partial charge in [-0.25, -0.2) is 17.6 Å². The quantitative estimate of drug-likeness (QED) is 0.634. The van der Waals surface area contributed by atoms with Crippen LogP contribution < -0.4 is 5.73 Å². The first-order chi connectivity index (χ1) is 7.79. The fraction of sp³-hybridized carbons (Fsp3) is 0.300. The van der Waals surface area contributed by atoms with Crippen LogP contribution in [0.2, 0.25) is 0 Å². The molecule has 5 nitrogen and oxygen atoms in total. The van der Waals surface area contributed by atoms with E-state index in [9.17, 15) is 17.6 Å². The van der Waals surface area contributed by atoms with Crippen LogP contribution in [0.25, 0.3) is 0 Å². The molecule has 0 unspecified atom stereocenters. The highest BCUT2D eigenvalue weighted by molar-refractivity contribution is 7.90. The second-order valence-corrected chi connectivity index (χ2v) is 5.76. The molecule has 0 aliphatic rings. The second-order valence-electron chi connectivity index (χ2n) is 3.50. The fourth-order valence-electron chi connectivity index (χ4n) is 1.07. The third-order valence-electron chi connectivity index (χ3n) is 1.92. The van der Waals surface area contributed by atoms with Gasteiger partial charge in [-0.05, 0) is 18.2 Å². The Kier molecular flexibility index (Phi) is 4.06. The van der Waals surface area contributed by atoms with Crippen molar-refractivity contribution in [2.45, 2.75) is 0 Å². The first-order valence-corrected chi connectivity index (χ1v) is 6.75. The minimum absolute atomic E-state index is 0.0794. The molecular formula is C10H12FNO4S. The normalized spacial score (nSPS) is 11.2. The molecule has 2 N–H and O–H groups in total. The lowest BCUT2D eigenvalue weighted by molar-refractivity contribution is 0.0530. The van der Waals surface area contributed by atoms with Gasteiger partial charge in [0.25, 0.3) is 0 Å². The first kappa shape index (κ1) is 13.4. The minimum Gasteiger partial charge on any atom is -0.461 e. The molecule has 0 aliphatic carbocycles. The van der Waals surface area contributed by atoms with Gasteiger partial charge in [0.2, 0.25) is 0 Å². The number of halogens is 1. The molecule has 0 spiro atoms. The molecule has 0 saturated heterocycles. The van der Waals surface area contributed by atoms with Crippen LogP contribution in [0.3, 0.4) is 0 Å². The Bertz CT molecular complexity index is 527. The Morgan fingerprint density at radius 3 is 2.71 bits per heavy atom. The van der Waals surface area contributed by atoms with Gasteiger partial charge in [0.1, 0.15) is 12.4 Å². The van der Waals surface area contributed by atoms with Gasteiger partial charge in [-0.3, -0.25) is 0 Å². The predicted octanol–water partition coefficient (Wildman–Crippen LogP) is 0.609. The molecule has 17 heavy (non-hydrogen) atoms. The molecule has 1 rings (SSSR count). The maximum absolute atomic E-state index is 12.9. The van der Waals surface area contributed by atoms with Crippen LogP contribution in [-0.4, -0.2) is 33.0 Å². The average molecular weight is 261 g/mol. The maximum atomic E-state index is 12.9. The van der Waals surface area contributed by atoms with E-state index in [1.807, 2.05) is 0 Å². The molecular weight excluding hydrogens is 249 g/mol. The van der Waals surface area contributed by atoms with E-state index in [4.69, 9.17) is 5.73 Å². The Labute approximate surface area is 98.3 Å². The SMILES string of the molecule is CS(=O)(=O)CCOC(=O)c1cc(F)ccc1N. The molecule has 0 saturated carbocycles. The number of ether oxygens (including phenoxy) is 1. The third-order valence-corrected chi connectivity index (χ3v) is 2.83. The summed E-state index contributed by atoms with van der Waals surface area (Å²) in [6, 6.07) is 3.29. The highest BCUT2D eigenvalue weighted by Crippen LogP contribution is 2.14. The van der Waals surface area contributed by atoms with Gasteiger partial charge in [0.15, 0.2) is 9.84 Å². The van der Waals surface area contributed by atoms with Crippen LogP contribution in [0.15, 0.2) is 18.2 Å². The molecule has 0 heterocycles. The highest BCUT2D eigenvalue weighted by Gasteiger charge is 2.13. The van der Waals surface area contributed by atoms with Gasteiger partial charge in [-0.15, -0.1) is 0 Å². The van der Waals surface area contributed by atoms with Gasteiger partial charge in [0.05, 0.1) is 11.3 Å². The number of carbonyl (C=O) groups is 1. The van der Waals surface area contributed by atoms with Crippen molar-refractivity contribution in [1.82, 2.24) is 0 Å². The zero-order chi connectivity index (χ0) is 13.1. The first-order valence-electron chi connectivity index (χ1n) is 4.69. The van der Waals surface area contributed by atoms with Crippen molar-refractivity contribution in [3.05, 3.63) is 29.6 Å². The van der Waals surface area contributed by atoms with Crippen LogP contribution in [0.1, 0.15) is 10.4 Å². The molecule has 0 radical (unpaired) electrons. The molecule has 0 amide bonds. The van der Waals surface area contributed by atoms with E-state index < -0.39 is 21.6 Å². The van der Waals surface area contributed by atoms with Crippen molar-refractivity contribution in [3.8, 4) is 0 Å². The molecule has 1 aromatic rings. The van der Waals surface area contributed by atoms with Crippen LogP contribution in [-0.2, 0) is 14.6 Å². The van der Waals surface area contributed by atoms with E-state index in [0.29, 0.717) is 0 Å². The lowest BCUT2D eigenvalue weighted by Gasteiger charge is -2.06. The smallest absolute Gasteiger partial charge is 0.340 e. The highest BCUT2D eigenvalue weighted by atomic mass is 32.2. The lowest BCUT2D eigenvalue weighted by Crippen LogP contribution is -2.15. The summed E-state index contributed by atoms with van der Waals surface area (Å²) in [5, 5.41) is 0. The van der Waals surface area contributed by atoms with Crippen LogP contribution >= 0.6 is 0 Å². The van der Waals surface area contributed by atoms with Gasteiger partial charge in [-0.2, -0.15) is 0 Å². The average Bonchev–Trinajstić information content (AvgIpc) is 2.19. The van der Waals surface area contributed by atoms with E-state index in [2.05, 4.69) is 4.74 Å². The summed E-state index contributed by atoms with van der Waals surface area (Å²) in [4.78, 5) is 11.4. The van der Waals surface area contributed by atoms with Gasteiger partial charge < -0.3 is 10.5 Å². The van der Waals surface area contributed by atoms with Gasteiger partial charge in [0, 0.05) is 11.9 Å². The third kappa shape index (κ3) is 4.39. The molecule has 0 aliphatic heterocycles. The Hall–Kier alpha value is -1.63. The monoisotopic (exact) mass is 261 g/mol. The zero-order valence-electron chi connectivity index (χ0n) is 9.14. The Balaban J connectivity index is 2.67. The second kappa shape index (κ2) is 5.13. The number of sulfone groups is 1. The van der Waals surface area contributed by atoms with Crippen molar-refractivity contribution in [3.63, 3.8) is 0 Å². The Morgan fingerprint density at radius 2 is 2.12 bits per heavy atom. The number of nitrogen functional groups attached to an aromatic ring is 1. The lowest BCUT2D eigenvalue weighted by atomic mass is 10.2. The number of anilines is 1. The summed E-state index contributed by atoms with van der Waals surface area (Å²) >= 11 is 0. The van der Waals surface area contributed by atoms with Crippen molar-refractivity contribution in [1.29, 1.82) is 0 Å². The van der Waals surface area contributed by atoms with Gasteiger partial charge >= 0.3 is 5.97 Å². The van der Waals surface area contributed by atoms with Gasteiger partial charge in [-0.1, -0.05) is 0 Å². The maximum Gasteiger partial charge on any atom is 0.340 e. The summed E-state index contributed by atoms with van der Waals surface area (Å²) in [5.41, 5.74) is 5.43. The van der Waals surface area contributed by atoms with Crippen LogP contribution in [0.4, 0.5) is 10.1 Å². The molecule has 0 aromatic heterocycles. The summed E-state index contributed by atoms with van der Waals surface area (Å²) in [6.45, 7) is -0.284. The molecule has 7 heteroatoms. The van der Waals surface area contributed by atoms with Crippen molar-refractivity contribution in [2.24, 2.45) is 0 Å². The van der Waals surface area contributed by atoms with Crippen LogP contribution in [0, 0.1) is 5.82 Å². The largest absolute Gasteiger partial charge is 0.461 e. The standard InChI is InChI=1S/C10H12FNO4S/c1-17(14,15)5-4-16-10(13)8-6-7(11)2-3-9(8)12/h2-3,6H,4-5,12H2,1H3. The van der Waals surface area contributed by atoms with Crippen LogP contribution in [0.5, 0.6) is 0 Å². The number of nitrogens with two attached hydrogens (primary N) is 1. The molecule has 0 bridgehead atoms. The summed E-state index contributed by atoms with van der Waals surface area (Å²) in [7, 11) is -3.20. The van der Waals surface area contributed by atoms with E-state index in [1.54, 1.807) is 0 Å². The number of hydrogen-bond donors (Lipinski definition) is 1. The predicted molar refractivity (Wildman–Crippen MR) is 60.8 cm³/mol. The van der Waals surface area contributed by atoms with E-state index in [0.717, 1.165) is 18.4 Å². The molecule has 0 fully saturated rings. The van der Waals surface area contributed by atoms with E-state index in [-0.39, 0.29) is 23.6 Å². The van der Waals surface area contributed by atoms with Crippen molar-refractivity contribution in [2.75, 3.05) is 24.3 Å². The number of esters is 1. The minimum atomic E-state index is -3.20. The summed E-state index contributed by atoms with van der Waals surface area (Å²) in [6.07, 6.45) is 1.03.